The minimum absolute atomic E-state index is 0.0173. The van der Waals surface area contributed by atoms with Crippen LogP contribution in [-0.4, -0.2) is 106 Å². The number of aliphatic hydroxyl groups excluding tert-OH is 1. The van der Waals surface area contributed by atoms with E-state index in [0.717, 1.165) is 7.11 Å². The Morgan fingerprint density at radius 1 is 1.00 bits per heavy atom. The van der Waals surface area contributed by atoms with Gasteiger partial charge in [-0.3, -0.25) is 24.2 Å². The van der Waals surface area contributed by atoms with Crippen LogP contribution in [0.25, 0.3) is 0 Å². The fraction of sp³-hybridized carbons (Fsp3) is 0.609. The zero-order chi connectivity index (χ0) is 31.1. The van der Waals surface area contributed by atoms with Crippen molar-refractivity contribution < 1.29 is 33.9 Å². The molecule has 0 aromatic heterocycles. The van der Waals surface area contributed by atoms with Crippen LogP contribution in [0.15, 0.2) is 4.99 Å². The van der Waals surface area contributed by atoms with Crippen LogP contribution in [0.1, 0.15) is 33.1 Å². The van der Waals surface area contributed by atoms with Gasteiger partial charge in [-0.2, -0.15) is 0 Å². The number of guanidine groups is 1. The lowest BCUT2D eigenvalue weighted by Crippen LogP contribution is -2.50. The summed E-state index contributed by atoms with van der Waals surface area (Å²) in [6.07, 6.45) is 7.08. The number of rotatable bonds is 16. The SMILES string of the molecule is C#CCNC(=O)CNC(=O)[C@H](CC=O)NC(=O)CNC.CC.CO.NCC(=O)NC(C=O)CCCN=C(N)N. The first-order valence-electron chi connectivity index (χ1n) is 11.9. The van der Waals surface area contributed by atoms with Crippen molar-refractivity contribution in [3.05, 3.63) is 0 Å². The molecule has 0 saturated heterocycles. The summed E-state index contributed by atoms with van der Waals surface area (Å²) in [5, 5.41) is 19.1. The molecule has 4 amide bonds. The molecule has 39 heavy (non-hydrogen) atoms. The predicted octanol–water partition coefficient (Wildman–Crippen LogP) is -4.54. The van der Waals surface area contributed by atoms with Crippen molar-refractivity contribution in [1.29, 1.82) is 0 Å². The zero-order valence-corrected chi connectivity index (χ0v) is 23.1. The Labute approximate surface area is 229 Å². The second-order valence-electron chi connectivity index (χ2n) is 6.71. The second-order valence-corrected chi connectivity index (χ2v) is 6.71. The maximum atomic E-state index is 11.7. The van der Waals surface area contributed by atoms with Crippen molar-refractivity contribution >= 4 is 42.2 Å². The molecule has 0 aliphatic heterocycles. The van der Waals surface area contributed by atoms with Crippen molar-refractivity contribution in [2.75, 3.05) is 46.9 Å². The number of nitrogens with one attached hydrogen (secondary N) is 5. The molecule has 0 aromatic carbocycles. The minimum Gasteiger partial charge on any atom is -0.400 e. The van der Waals surface area contributed by atoms with Gasteiger partial charge < -0.3 is 58.5 Å². The minimum atomic E-state index is -1.01. The van der Waals surface area contributed by atoms with Crippen LogP contribution < -0.4 is 43.8 Å². The van der Waals surface area contributed by atoms with Crippen molar-refractivity contribution in [2.24, 2.45) is 22.2 Å². The molecule has 0 spiro atoms. The van der Waals surface area contributed by atoms with Gasteiger partial charge in [-0.15, -0.1) is 6.42 Å². The monoisotopic (exact) mass is 559 g/mol. The Bertz CT molecular complexity index is 768. The van der Waals surface area contributed by atoms with Crippen LogP contribution in [-0.2, 0) is 28.8 Å². The van der Waals surface area contributed by atoms with Crippen molar-refractivity contribution in [1.82, 2.24) is 26.6 Å². The molecular formula is C23H45N9O7. The zero-order valence-electron chi connectivity index (χ0n) is 23.1. The van der Waals surface area contributed by atoms with E-state index in [1.54, 1.807) is 7.05 Å². The van der Waals surface area contributed by atoms with E-state index in [0.29, 0.717) is 32.0 Å². The Morgan fingerprint density at radius 2 is 1.62 bits per heavy atom. The summed E-state index contributed by atoms with van der Waals surface area (Å²) in [4.78, 5) is 69.9. The molecule has 0 bridgehead atoms. The second kappa shape index (κ2) is 32.0. The molecule has 16 heteroatoms. The number of nitrogens with zero attached hydrogens (tertiary/aromatic N) is 1. The van der Waals surface area contributed by atoms with Crippen LogP contribution >= 0.6 is 0 Å². The van der Waals surface area contributed by atoms with Crippen LogP contribution in [0.3, 0.4) is 0 Å². The normalized spacial score (nSPS) is 10.3. The number of carbonyl (C=O) groups excluding carboxylic acids is 6. The highest BCUT2D eigenvalue weighted by Gasteiger charge is 2.20. The average molecular weight is 560 g/mol. The number of carbonyl (C=O) groups is 6. The Morgan fingerprint density at radius 3 is 2.08 bits per heavy atom. The Kier molecular flexibility index (Phi) is 34.4. The summed E-state index contributed by atoms with van der Waals surface area (Å²) in [5.74, 6) is 0.385. The maximum Gasteiger partial charge on any atom is 0.243 e. The third-order valence-electron chi connectivity index (χ3n) is 3.80. The fourth-order valence-electron chi connectivity index (χ4n) is 2.20. The lowest BCUT2D eigenvalue weighted by Gasteiger charge is -2.16. The Balaban J connectivity index is -0.000000287. The van der Waals surface area contributed by atoms with Gasteiger partial charge in [0.15, 0.2) is 5.96 Å². The smallest absolute Gasteiger partial charge is 0.243 e. The predicted molar refractivity (Wildman–Crippen MR) is 148 cm³/mol. The molecule has 1 unspecified atom stereocenters. The van der Waals surface area contributed by atoms with Gasteiger partial charge in [0, 0.05) is 20.1 Å². The molecular weight excluding hydrogens is 514 g/mol. The summed E-state index contributed by atoms with van der Waals surface area (Å²) in [6.45, 7) is 4.11. The topological polar surface area (TPSA) is 273 Å². The van der Waals surface area contributed by atoms with Gasteiger partial charge in [0.1, 0.15) is 18.6 Å². The number of aliphatic hydroxyl groups is 1. The molecule has 0 radical (unpaired) electrons. The third-order valence-corrected chi connectivity index (χ3v) is 3.80. The molecule has 0 heterocycles. The standard InChI is InChI=1S/C12H18N4O4.C8H17N5O2.C2H6.CH4O/c1-3-5-14-10(18)8-15-12(20)9(4-6-17)16-11(19)7-13-2;9-4-7(15)13-6(5-14)2-1-3-12-8(10)11;2*1-2/h1,6,9,13H,4-5,7-8H2,2H3,(H,14,18)(H,15,20)(H,16,19);5-6H,1-4,9H2,(H,13,15)(H4,10,11,12);1-2H3;2H,1H3/t9-;;;/m0.../s1. The number of nitrogens with two attached hydrogens (primary N) is 3. The number of likely N-dealkylation sites (N-methyl/N-ethyl adjacent to an activating group) is 1. The van der Waals surface area contributed by atoms with Crippen molar-refractivity contribution in [3.63, 3.8) is 0 Å². The molecule has 0 rings (SSSR count). The molecule has 0 saturated carbocycles. The summed E-state index contributed by atoms with van der Waals surface area (Å²) >= 11 is 0. The number of hydrogen-bond acceptors (Lipinski definition) is 10. The summed E-state index contributed by atoms with van der Waals surface area (Å²) < 4.78 is 0. The largest absolute Gasteiger partial charge is 0.400 e. The van der Waals surface area contributed by atoms with E-state index in [2.05, 4.69) is 37.5 Å². The van der Waals surface area contributed by atoms with Crippen LogP contribution in [0, 0.1) is 12.3 Å². The lowest BCUT2D eigenvalue weighted by molar-refractivity contribution is -0.130. The van der Waals surface area contributed by atoms with E-state index in [9.17, 15) is 28.8 Å². The van der Waals surface area contributed by atoms with E-state index >= 15 is 0 Å². The summed E-state index contributed by atoms with van der Waals surface area (Å²) in [6, 6.07) is -1.52. The van der Waals surface area contributed by atoms with E-state index in [1.807, 2.05) is 13.8 Å². The van der Waals surface area contributed by atoms with Crippen molar-refractivity contribution in [2.45, 2.75) is 45.2 Å². The highest BCUT2D eigenvalue weighted by atomic mass is 16.2. The number of aliphatic imine (C=N–C) groups is 1. The van der Waals surface area contributed by atoms with Crippen LogP contribution in [0.5, 0.6) is 0 Å². The number of amides is 4. The number of hydrogen-bond donors (Lipinski definition) is 9. The summed E-state index contributed by atoms with van der Waals surface area (Å²) in [7, 11) is 2.57. The van der Waals surface area contributed by atoms with Crippen LogP contribution in [0.2, 0.25) is 0 Å². The van der Waals surface area contributed by atoms with Crippen molar-refractivity contribution in [3.8, 4) is 12.3 Å². The first-order valence-corrected chi connectivity index (χ1v) is 11.9. The van der Waals surface area contributed by atoms with Gasteiger partial charge in [0.25, 0.3) is 0 Å². The molecule has 0 fully saturated rings. The highest BCUT2D eigenvalue weighted by molar-refractivity contribution is 5.92. The van der Waals surface area contributed by atoms with E-state index in [1.165, 1.54) is 0 Å². The van der Waals surface area contributed by atoms with Gasteiger partial charge in [0.2, 0.25) is 23.6 Å². The first-order chi connectivity index (χ1) is 18.6. The van der Waals surface area contributed by atoms with Gasteiger partial charge >= 0.3 is 0 Å². The first kappa shape index (κ1) is 42.0. The average Bonchev–Trinajstić information content (AvgIpc) is 2.94. The molecule has 12 N–H and O–H groups in total. The number of terminal acetylenes is 1. The molecule has 0 aliphatic carbocycles. The number of aldehydes is 2. The Hall–Kier alpha value is -4.07. The molecule has 0 aliphatic rings. The van der Waals surface area contributed by atoms with Crippen LogP contribution in [0.4, 0.5) is 0 Å². The van der Waals surface area contributed by atoms with Gasteiger partial charge in [0.05, 0.1) is 32.2 Å². The maximum absolute atomic E-state index is 11.7. The van der Waals surface area contributed by atoms with E-state index in [4.69, 9.17) is 28.7 Å². The van der Waals surface area contributed by atoms with E-state index < -0.39 is 29.8 Å². The molecule has 0 aromatic rings. The quantitative estimate of drug-likeness (QED) is 0.0285. The van der Waals surface area contributed by atoms with Gasteiger partial charge in [-0.1, -0.05) is 19.8 Å². The van der Waals surface area contributed by atoms with E-state index in [-0.39, 0.29) is 44.5 Å². The van der Waals surface area contributed by atoms with Gasteiger partial charge in [-0.05, 0) is 19.9 Å². The fourth-order valence-corrected chi connectivity index (χ4v) is 2.20. The molecule has 2 atom stereocenters. The highest BCUT2D eigenvalue weighted by Crippen LogP contribution is 1.95. The van der Waals surface area contributed by atoms with Gasteiger partial charge in [-0.25, -0.2) is 0 Å². The summed E-state index contributed by atoms with van der Waals surface area (Å²) in [5.41, 5.74) is 15.3. The molecule has 224 valence electrons. The molecule has 16 nitrogen and oxygen atoms in total. The lowest BCUT2D eigenvalue weighted by atomic mass is 10.2. The third kappa shape index (κ3) is 30.0.